The molecule has 0 spiro atoms. The number of nitrogens with zero attached hydrogens (tertiary/aromatic N) is 1. The third-order valence-electron chi connectivity index (χ3n) is 3.07. The molecule has 0 atom stereocenters. The van der Waals surface area contributed by atoms with Gasteiger partial charge in [-0.05, 0) is 35.2 Å². The molecule has 0 aliphatic heterocycles. The number of pyridine rings is 1. The van der Waals surface area contributed by atoms with Crippen LogP contribution in [0.15, 0.2) is 60.8 Å². The summed E-state index contributed by atoms with van der Waals surface area (Å²) in [7, 11) is 0. The van der Waals surface area contributed by atoms with Crippen molar-refractivity contribution in [1.29, 1.82) is 0 Å². The summed E-state index contributed by atoms with van der Waals surface area (Å²) in [6.07, 6.45) is 5.92. The molecule has 0 saturated carbocycles. The van der Waals surface area contributed by atoms with Crippen LogP contribution in [0, 0.1) is 0 Å². The molecule has 3 rings (SSSR count). The van der Waals surface area contributed by atoms with Gasteiger partial charge < -0.3 is 5.73 Å². The number of rotatable bonds is 2. The molecule has 0 saturated heterocycles. The fourth-order valence-electron chi connectivity index (χ4n) is 2.06. The zero-order valence-corrected chi connectivity index (χ0v) is 10.5. The maximum atomic E-state index is 5.67. The standard InChI is InChI=1S/C17H14N2/c18-15-8-5-13(6-9-15)7-10-17-16-4-2-1-3-14(16)11-12-19-17/h1-12H,18H2/b10-7-. The van der Waals surface area contributed by atoms with Crippen molar-refractivity contribution in [2.75, 3.05) is 5.73 Å². The number of aromatic nitrogens is 1. The number of nitrogen functional groups attached to an aromatic ring is 1. The molecule has 92 valence electrons. The minimum Gasteiger partial charge on any atom is -0.399 e. The van der Waals surface area contributed by atoms with Gasteiger partial charge in [0.25, 0.3) is 0 Å². The van der Waals surface area contributed by atoms with Crippen molar-refractivity contribution >= 4 is 28.6 Å². The minimum atomic E-state index is 0.778. The van der Waals surface area contributed by atoms with Gasteiger partial charge in [-0.1, -0.05) is 42.5 Å². The van der Waals surface area contributed by atoms with Crippen molar-refractivity contribution in [2.45, 2.75) is 0 Å². The molecule has 0 aliphatic carbocycles. The highest BCUT2D eigenvalue weighted by Gasteiger charge is 1.97. The molecule has 0 amide bonds. The predicted octanol–water partition coefficient (Wildman–Crippen LogP) is 3.99. The van der Waals surface area contributed by atoms with Gasteiger partial charge in [0.1, 0.15) is 0 Å². The predicted molar refractivity (Wildman–Crippen MR) is 81.5 cm³/mol. The zero-order chi connectivity index (χ0) is 13.1. The third kappa shape index (κ3) is 2.47. The summed E-state index contributed by atoms with van der Waals surface area (Å²) < 4.78 is 0. The van der Waals surface area contributed by atoms with Gasteiger partial charge in [-0.2, -0.15) is 0 Å². The molecule has 2 nitrogen and oxygen atoms in total. The second-order valence-electron chi connectivity index (χ2n) is 4.42. The smallest absolute Gasteiger partial charge is 0.0708 e. The molecule has 0 aliphatic rings. The summed E-state index contributed by atoms with van der Waals surface area (Å²) in [4.78, 5) is 4.43. The number of hydrogen-bond donors (Lipinski definition) is 1. The van der Waals surface area contributed by atoms with E-state index in [9.17, 15) is 0 Å². The van der Waals surface area contributed by atoms with E-state index in [0.29, 0.717) is 0 Å². The molecular formula is C17H14N2. The van der Waals surface area contributed by atoms with Crippen molar-refractivity contribution in [3.05, 3.63) is 72.1 Å². The first-order valence-corrected chi connectivity index (χ1v) is 6.20. The van der Waals surface area contributed by atoms with Crippen molar-refractivity contribution in [3.8, 4) is 0 Å². The van der Waals surface area contributed by atoms with Gasteiger partial charge in [0, 0.05) is 17.3 Å². The van der Waals surface area contributed by atoms with Crippen LogP contribution in [-0.2, 0) is 0 Å². The minimum absolute atomic E-state index is 0.778. The average molecular weight is 246 g/mol. The highest BCUT2D eigenvalue weighted by Crippen LogP contribution is 2.18. The monoisotopic (exact) mass is 246 g/mol. The van der Waals surface area contributed by atoms with Crippen LogP contribution >= 0.6 is 0 Å². The molecule has 2 aromatic carbocycles. The van der Waals surface area contributed by atoms with Gasteiger partial charge in [-0.15, -0.1) is 0 Å². The van der Waals surface area contributed by atoms with E-state index >= 15 is 0 Å². The molecular weight excluding hydrogens is 232 g/mol. The lowest BCUT2D eigenvalue weighted by atomic mass is 10.1. The molecule has 1 heterocycles. The number of fused-ring (bicyclic) bond motifs is 1. The maximum absolute atomic E-state index is 5.67. The van der Waals surface area contributed by atoms with E-state index in [0.717, 1.165) is 22.3 Å². The van der Waals surface area contributed by atoms with E-state index in [1.807, 2.05) is 60.8 Å². The molecule has 2 N–H and O–H groups in total. The highest BCUT2D eigenvalue weighted by molar-refractivity contribution is 5.91. The van der Waals surface area contributed by atoms with E-state index in [1.165, 1.54) is 5.39 Å². The summed E-state index contributed by atoms with van der Waals surface area (Å²) in [5.74, 6) is 0. The van der Waals surface area contributed by atoms with E-state index < -0.39 is 0 Å². The van der Waals surface area contributed by atoms with Crippen LogP contribution in [-0.4, -0.2) is 4.98 Å². The quantitative estimate of drug-likeness (QED) is 0.694. The molecule has 0 fully saturated rings. The maximum Gasteiger partial charge on any atom is 0.0708 e. The largest absolute Gasteiger partial charge is 0.399 e. The normalized spacial score (nSPS) is 11.2. The fourth-order valence-corrected chi connectivity index (χ4v) is 2.06. The van der Waals surface area contributed by atoms with Crippen LogP contribution in [0.25, 0.3) is 22.9 Å². The Hall–Kier alpha value is -2.61. The topological polar surface area (TPSA) is 38.9 Å². The van der Waals surface area contributed by atoms with Gasteiger partial charge in [-0.3, -0.25) is 4.98 Å². The zero-order valence-electron chi connectivity index (χ0n) is 10.5. The van der Waals surface area contributed by atoms with Crippen molar-refractivity contribution in [1.82, 2.24) is 4.98 Å². The molecule has 0 bridgehead atoms. The molecule has 2 heteroatoms. The van der Waals surface area contributed by atoms with Crippen LogP contribution in [0.5, 0.6) is 0 Å². The lowest BCUT2D eigenvalue weighted by Crippen LogP contribution is -1.84. The summed E-state index contributed by atoms with van der Waals surface area (Å²) in [5, 5.41) is 2.37. The van der Waals surface area contributed by atoms with Crippen LogP contribution in [0.2, 0.25) is 0 Å². The van der Waals surface area contributed by atoms with Crippen LogP contribution in [0.4, 0.5) is 5.69 Å². The number of nitrogens with two attached hydrogens (primary N) is 1. The Balaban J connectivity index is 1.99. The van der Waals surface area contributed by atoms with Gasteiger partial charge >= 0.3 is 0 Å². The van der Waals surface area contributed by atoms with Gasteiger partial charge in [0.2, 0.25) is 0 Å². The van der Waals surface area contributed by atoms with Crippen LogP contribution in [0.1, 0.15) is 11.3 Å². The SMILES string of the molecule is Nc1ccc(/C=C\c2nccc3ccccc23)cc1. The summed E-state index contributed by atoms with van der Waals surface area (Å²) in [6, 6.07) is 18.1. The first kappa shape index (κ1) is 11.5. The second kappa shape index (κ2) is 4.94. The summed E-state index contributed by atoms with van der Waals surface area (Å²) in [6.45, 7) is 0. The third-order valence-corrected chi connectivity index (χ3v) is 3.07. The van der Waals surface area contributed by atoms with E-state index in [1.54, 1.807) is 0 Å². The fraction of sp³-hybridized carbons (Fsp3) is 0. The lowest BCUT2D eigenvalue weighted by molar-refractivity contribution is 1.33. The molecule has 3 aromatic rings. The van der Waals surface area contributed by atoms with Gasteiger partial charge in [0.05, 0.1) is 5.69 Å². The number of anilines is 1. The van der Waals surface area contributed by atoms with E-state index in [-0.39, 0.29) is 0 Å². The van der Waals surface area contributed by atoms with E-state index in [4.69, 9.17) is 5.73 Å². The Morgan fingerprint density at radius 3 is 2.47 bits per heavy atom. The molecule has 0 radical (unpaired) electrons. The highest BCUT2D eigenvalue weighted by atomic mass is 14.7. The Bertz CT molecular complexity index is 722. The van der Waals surface area contributed by atoms with Crippen LogP contribution < -0.4 is 5.73 Å². The number of benzene rings is 2. The Kier molecular flexibility index (Phi) is 2.99. The van der Waals surface area contributed by atoms with Crippen molar-refractivity contribution in [2.24, 2.45) is 0 Å². The second-order valence-corrected chi connectivity index (χ2v) is 4.42. The lowest BCUT2D eigenvalue weighted by Gasteiger charge is -2.01. The van der Waals surface area contributed by atoms with Crippen molar-refractivity contribution < 1.29 is 0 Å². The van der Waals surface area contributed by atoms with Crippen LogP contribution in [0.3, 0.4) is 0 Å². The Labute approximate surface area is 112 Å². The van der Waals surface area contributed by atoms with Crippen molar-refractivity contribution in [3.63, 3.8) is 0 Å². The summed E-state index contributed by atoms with van der Waals surface area (Å²) >= 11 is 0. The van der Waals surface area contributed by atoms with Gasteiger partial charge in [0.15, 0.2) is 0 Å². The number of hydrogen-bond acceptors (Lipinski definition) is 2. The first-order chi connectivity index (χ1) is 9.33. The Morgan fingerprint density at radius 2 is 1.63 bits per heavy atom. The van der Waals surface area contributed by atoms with Gasteiger partial charge in [-0.25, -0.2) is 0 Å². The first-order valence-electron chi connectivity index (χ1n) is 6.20. The average Bonchev–Trinajstić information content (AvgIpc) is 2.47. The Morgan fingerprint density at radius 1 is 0.842 bits per heavy atom. The summed E-state index contributed by atoms with van der Waals surface area (Å²) in [5.41, 5.74) is 8.55. The van der Waals surface area contributed by atoms with E-state index in [2.05, 4.69) is 17.1 Å². The molecule has 0 unspecified atom stereocenters. The molecule has 1 aromatic heterocycles. The molecule has 19 heavy (non-hydrogen) atoms.